The number of anilines is 2. The highest BCUT2D eigenvalue weighted by atomic mass is 35.5. The third-order valence-corrected chi connectivity index (χ3v) is 4.09. The summed E-state index contributed by atoms with van der Waals surface area (Å²) in [6.45, 7) is 5.85. The molecule has 4 nitrogen and oxygen atoms in total. The molecule has 0 saturated carbocycles. The van der Waals surface area contributed by atoms with Crippen molar-refractivity contribution < 1.29 is 9.59 Å². The molecule has 0 spiro atoms. The van der Waals surface area contributed by atoms with Gasteiger partial charge in [0.2, 0.25) is 11.8 Å². The van der Waals surface area contributed by atoms with Gasteiger partial charge in [0.1, 0.15) is 0 Å². The smallest absolute Gasteiger partial charge is 0.226 e. The number of benzene rings is 2. The van der Waals surface area contributed by atoms with Crippen LogP contribution in [-0.2, 0) is 9.59 Å². The number of halogens is 1. The van der Waals surface area contributed by atoms with E-state index in [1.54, 1.807) is 29.2 Å². The van der Waals surface area contributed by atoms with E-state index >= 15 is 0 Å². The Morgan fingerprint density at radius 2 is 1.83 bits per heavy atom. The Kier molecular flexibility index (Phi) is 5.99. The number of carbonyl (C=O) groups is 2. The number of nitrogens with one attached hydrogen (secondary N) is 1. The zero-order valence-electron chi connectivity index (χ0n) is 14.1. The van der Waals surface area contributed by atoms with Gasteiger partial charge < -0.3 is 10.2 Å². The molecule has 0 aromatic heterocycles. The number of amides is 2. The Morgan fingerprint density at radius 1 is 1.08 bits per heavy atom. The number of rotatable bonds is 5. The molecule has 2 aromatic rings. The first-order valence-corrected chi connectivity index (χ1v) is 8.15. The van der Waals surface area contributed by atoms with E-state index in [4.69, 9.17) is 11.6 Å². The van der Waals surface area contributed by atoms with Crippen molar-refractivity contribution in [3.8, 4) is 0 Å². The average Bonchev–Trinajstić information content (AvgIpc) is 2.50. The Bertz CT molecular complexity index is 759. The average molecular weight is 345 g/mol. The molecule has 0 radical (unpaired) electrons. The third-order valence-electron chi connectivity index (χ3n) is 3.85. The molecule has 5 heteroatoms. The Morgan fingerprint density at radius 3 is 2.46 bits per heavy atom. The molecular formula is C19H21ClN2O2. The second-order valence-electron chi connectivity index (χ2n) is 5.75. The molecule has 0 aliphatic rings. The maximum atomic E-state index is 12.1. The van der Waals surface area contributed by atoms with Gasteiger partial charge in [-0.3, -0.25) is 9.59 Å². The fourth-order valence-electron chi connectivity index (χ4n) is 2.36. The Balaban J connectivity index is 2.02. The van der Waals surface area contributed by atoms with Crippen molar-refractivity contribution in [3.05, 3.63) is 58.6 Å². The summed E-state index contributed by atoms with van der Waals surface area (Å²) < 4.78 is 0. The molecule has 126 valence electrons. The topological polar surface area (TPSA) is 49.4 Å². The van der Waals surface area contributed by atoms with Crippen molar-refractivity contribution in [1.82, 2.24) is 0 Å². The van der Waals surface area contributed by atoms with Gasteiger partial charge in [-0.25, -0.2) is 0 Å². The molecule has 0 aliphatic carbocycles. The van der Waals surface area contributed by atoms with Crippen LogP contribution in [0.5, 0.6) is 0 Å². The molecule has 2 rings (SSSR count). The third kappa shape index (κ3) is 4.83. The lowest BCUT2D eigenvalue weighted by molar-refractivity contribution is -0.117. The van der Waals surface area contributed by atoms with E-state index in [1.807, 2.05) is 32.0 Å². The van der Waals surface area contributed by atoms with Crippen LogP contribution in [0.15, 0.2) is 42.5 Å². The molecule has 0 saturated heterocycles. The van der Waals surface area contributed by atoms with Gasteiger partial charge in [-0.1, -0.05) is 23.7 Å². The number of carbonyl (C=O) groups excluding carboxylic acids is 2. The summed E-state index contributed by atoms with van der Waals surface area (Å²) in [6.07, 6.45) is 0.207. The molecule has 0 unspecified atom stereocenters. The van der Waals surface area contributed by atoms with Crippen molar-refractivity contribution in [2.24, 2.45) is 0 Å². The first kappa shape index (κ1) is 18.0. The number of nitrogens with zero attached hydrogens (tertiary/aromatic N) is 1. The maximum Gasteiger partial charge on any atom is 0.226 e. The molecule has 2 amide bonds. The zero-order valence-corrected chi connectivity index (χ0v) is 14.9. The predicted molar refractivity (Wildman–Crippen MR) is 98.6 cm³/mol. The van der Waals surface area contributed by atoms with Gasteiger partial charge in [0.05, 0.1) is 0 Å². The monoisotopic (exact) mass is 344 g/mol. The summed E-state index contributed by atoms with van der Waals surface area (Å²) in [5.41, 5.74) is 3.73. The molecule has 0 bridgehead atoms. The Labute approximate surface area is 147 Å². The van der Waals surface area contributed by atoms with Crippen LogP contribution in [0.25, 0.3) is 0 Å². The van der Waals surface area contributed by atoms with Gasteiger partial charge >= 0.3 is 0 Å². The minimum Gasteiger partial charge on any atom is -0.326 e. The second-order valence-corrected chi connectivity index (χ2v) is 6.18. The van der Waals surface area contributed by atoms with Gasteiger partial charge in [0.25, 0.3) is 0 Å². The van der Waals surface area contributed by atoms with Crippen LogP contribution in [0, 0.1) is 13.8 Å². The molecule has 2 aromatic carbocycles. The fraction of sp³-hybridized carbons (Fsp3) is 0.263. The number of hydrogen-bond acceptors (Lipinski definition) is 2. The molecule has 0 fully saturated rings. The minimum atomic E-state index is -0.160. The molecular weight excluding hydrogens is 324 g/mol. The van der Waals surface area contributed by atoms with Gasteiger partial charge in [0, 0.05) is 36.3 Å². The number of hydrogen-bond donors (Lipinski definition) is 1. The van der Waals surface area contributed by atoms with E-state index < -0.39 is 0 Å². The summed E-state index contributed by atoms with van der Waals surface area (Å²) in [4.78, 5) is 25.7. The molecule has 1 N–H and O–H groups in total. The second kappa shape index (κ2) is 7.97. The van der Waals surface area contributed by atoms with E-state index in [9.17, 15) is 9.59 Å². The fourth-order valence-corrected chi connectivity index (χ4v) is 2.56. The SMILES string of the molecule is CC(=O)N(CCC(=O)Nc1cccc(Cl)c1)c1ccc(C)c(C)c1. The highest BCUT2D eigenvalue weighted by Gasteiger charge is 2.14. The van der Waals surface area contributed by atoms with Crippen LogP contribution in [0.1, 0.15) is 24.5 Å². The van der Waals surface area contributed by atoms with Crippen LogP contribution in [-0.4, -0.2) is 18.4 Å². The lowest BCUT2D eigenvalue weighted by Crippen LogP contribution is -2.32. The summed E-state index contributed by atoms with van der Waals surface area (Å²) in [7, 11) is 0. The van der Waals surface area contributed by atoms with Gasteiger partial charge in [-0.15, -0.1) is 0 Å². The van der Waals surface area contributed by atoms with Crippen LogP contribution >= 0.6 is 11.6 Å². The highest BCUT2D eigenvalue weighted by Crippen LogP contribution is 2.20. The first-order valence-electron chi connectivity index (χ1n) is 7.77. The number of aryl methyl sites for hydroxylation is 2. The standard InChI is InChI=1S/C19H21ClN2O2/c1-13-7-8-18(11-14(13)2)22(15(3)23)10-9-19(24)21-17-6-4-5-16(20)12-17/h4-8,11-12H,9-10H2,1-3H3,(H,21,24). The van der Waals surface area contributed by atoms with Crippen LogP contribution in [0.3, 0.4) is 0 Å². The van der Waals surface area contributed by atoms with Gasteiger partial charge in [-0.05, 0) is 55.3 Å². The van der Waals surface area contributed by atoms with Crippen molar-refractivity contribution in [3.63, 3.8) is 0 Å². The lowest BCUT2D eigenvalue weighted by atomic mass is 10.1. The summed E-state index contributed by atoms with van der Waals surface area (Å²) in [5.74, 6) is -0.249. The lowest BCUT2D eigenvalue weighted by Gasteiger charge is -2.22. The van der Waals surface area contributed by atoms with Gasteiger partial charge in [0.15, 0.2) is 0 Å². The van der Waals surface area contributed by atoms with Crippen molar-refractivity contribution in [1.29, 1.82) is 0 Å². The van der Waals surface area contributed by atoms with E-state index in [1.165, 1.54) is 12.5 Å². The molecule has 0 aliphatic heterocycles. The van der Waals surface area contributed by atoms with Crippen molar-refractivity contribution >= 4 is 34.8 Å². The van der Waals surface area contributed by atoms with Crippen LogP contribution < -0.4 is 10.2 Å². The van der Waals surface area contributed by atoms with E-state index in [0.29, 0.717) is 17.3 Å². The van der Waals surface area contributed by atoms with Gasteiger partial charge in [-0.2, -0.15) is 0 Å². The summed E-state index contributed by atoms with van der Waals surface area (Å²) in [5, 5.41) is 3.35. The minimum absolute atomic E-state index is 0.0891. The van der Waals surface area contributed by atoms with E-state index in [2.05, 4.69) is 5.32 Å². The summed E-state index contributed by atoms with van der Waals surface area (Å²) in [6, 6.07) is 12.8. The highest BCUT2D eigenvalue weighted by molar-refractivity contribution is 6.30. The summed E-state index contributed by atoms with van der Waals surface area (Å²) >= 11 is 5.90. The Hall–Kier alpha value is -2.33. The maximum absolute atomic E-state index is 12.1. The van der Waals surface area contributed by atoms with Crippen LogP contribution in [0.2, 0.25) is 5.02 Å². The van der Waals surface area contributed by atoms with Crippen molar-refractivity contribution in [2.75, 3.05) is 16.8 Å². The zero-order chi connectivity index (χ0) is 17.7. The normalized spacial score (nSPS) is 10.3. The van der Waals surface area contributed by atoms with E-state index in [0.717, 1.165) is 11.3 Å². The predicted octanol–water partition coefficient (Wildman–Crippen LogP) is 4.34. The quantitative estimate of drug-likeness (QED) is 0.877. The molecule has 24 heavy (non-hydrogen) atoms. The largest absolute Gasteiger partial charge is 0.326 e. The van der Waals surface area contributed by atoms with Crippen LogP contribution in [0.4, 0.5) is 11.4 Å². The molecule has 0 heterocycles. The van der Waals surface area contributed by atoms with Crippen molar-refractivity contribution in [2.45, 2.75) is 27.2 Å². The van der Waals surface area contributed by atoms with E-state index in [-0.39, 0.29) is 18.2 Å². The first-order chi connectivity index (χ1) is 11.4. The molecule has 0 atom stereocenters.